The minimum absolute atomic E-state index is 0.644. The summed E-state index contributed by atoms with van der Waals surface area (Å²) in [5.41, 5.74) is 9.93. The molecule has 0 radical (unpaired) electrons. The van der Waals surface area contributed by atoms with Crippen LogP contribution in [0, 0.1) is 10.5 Å². The average Bonchev–Trinajstić information content (AvgIpc) is 2.79. The van der Waals surface area contributed by atoms with Crippen molar-refractivity contribution in [3.63, 3.8) is 0 Å². The van der Waals surface area contributed by atoms with Crippen LogP contribution in [-0.2, 0) is 0 Å². The highest BCUT2D eigenvalue weighted by Gasteiger charge is 2.15. The zero-order valence-corrected chi connectivity index (χ0v) is 14.3. The second-order valence-corrected chi connectivity index (χ2v) is 6.30. The molecule has 0 saturated heterocycles. The lowest BCUT2D eigenvalue weighted by Gasteiger charge is -2.03. The maximum atomic E-state index is 6.21. The quantitative estimate of drug-likeness (QED) is 0.624. The van der Waals surface area contributed by atoms with Crippen molar-refractivity contribution in [3.8, 4) is 16.9 Å². The first-order valence-corrected chi connectivity index (χ1v) is 7.89. The summed E-state index contributed by atoms with van der Waals surface area (Å²) < 4.78 is 2.78. The van der Waals surface area contributed by atoms with Gasteiger partial charge in [0.1, 0.15) is 5.82 Å². The first-order valence-electron chi connectivity index (χ1n) is 6.44. The number of halogens is 2. The fourth-order valence-corrected chi connectivity index (χ4v) is 2.71. The average molecular weight is 410 g/mol. The zero-order valence-electron chi connectivity index (χ0n) is 11.3. The summed E-state index contributed by atoms with van der Waals surface area (Å²) in [4.78, 5) is 0. The van der Waals surface area contributed by atoms with Gasteiger partial charge in [0, 0.05) is 14.7 Å². The first-order chi connectivity index (χ1) is 10.1. The van der Waals surface area contributed by atoms with Crippen molar-refractivity contribution < 1.29 is 0 Å². The summed E-state index contributed by atoms with van der Waals surface area (Å²) in [6.07, 6.45) is 0. The van der Waals surface area contributed by atoms with E-state index in [0.29, 0.717) is 5.82 Å². The Balaban J connectivity index is 2.15. The largest absolute Gasteiger partial charge is 0.383 e. The van der Waals surface area contributed by atoms with E-state index < -0.39 is 0 Å². The van der Waals surface area contributed by atoms with Crippen molar-refractivity contribution in [3.05, 3.63) is 62.7 Å². The van der Waals surface area contributed by atoms with E-state index in [2.05, 4.69) is 27.7 Å². The van der Waals surface area contributed by atoms with E-state index in [1.807, 2.05) is 55.5 Å². The molecule has 0 saturated carbocycles. The monoisotopic (exact) mass is 409 g/mol. The van der Waals surface area contributed by atoms with Crippen LogP contribution in [0.15, 0.2) is 48.5 Å². The topological polar surface area (TPSA) is 43.8 Å². The lowest BCUT2D eigenvalue weighted by Crippen LogP contribution is -2.01. The SMILES string of the molecule is Cc1c(-c2ccc(I)c(Cl)c2)nn(-c2ccccc2)c1N. The molecule has 0 atom stereocenters. The lowest BCUT2D eigenvalue weighted by molar-refractivity contribution is 0.895. The van der Waals surface area contributed by atoms with Gasteiger partial charge in [-0.2, -0.15) is 5.10 Å². The van der Waals surface area contributed by atoms with E-state index in [1.54, 1.807) is 4.68 Å². The third kappa shape index (κ3) is 2.65. The minimum atomic E-state index is 0.644. The van der Waals surface area contributed by atoms with Gasteiger partial charge in [0.25, 0.3) is 0 Å². The highest BCUT2D eigenvalue weighted by Crippen LogP contribution is 2.31. The zero-order chi connectivity index (χ0) is 15.0. The van der Waals surface area contributed by atoms with Crippen LogP contribution in [0.2, 0.25) is 5.02 Å². The molecular formula is C16H13ClIN3. The molecule has 3 rings (SSSR count). The van der Waals surface area contributed by atoms with Crippen molar-refractivity contribution in [2.75, 3.05) is 5.73 Å². The number of benzene rings is 2. The van der Waals surface area contributed by atoms with Gasteiger partial charge in [0.05, 0.1) is 16.4 Å². The molecule has 0 aliphatic carbocycles. The number of aromatic nitrogens is 2. The Morgan fingerprint density at radius 3 is 2.52 bits per heavy atom. The summed E-state index contributed by atoms with van der Waals surface area (Å²) in [6.45, 7) is 1.98. The van der Waals surface area contributed by atoms with E-state index in [-0.39, 0.29) is 0 Å². The van der Waals surface area contributed by atoms with Crippen LogP contribution in [0.3, 0.4) is 0 Å². The van der Waals surface area contributed by atoms with E-state index in [9.17, 15) is 0 Å². The molecule has 0 spiro atoms. The van der Waals surface area contributed by atoms with Gasteiger partial charge in [-0.1, -0.05) is 35.9 Å². The molecule has 2 aromatic carbocycles. The number of rotatable bonds is 2. The number of hydrogen-bond acceptors (Lipinski definition) is 2. The molecule has 0 aliphatic rings. The number of hydrogen-bond donors (Lipinski definition) is 1. The van der Waals surface area contributed by atoms with E-state index in [1.165, 1.54) is 0 Å². The molecule has 3 aromatic rings. The highest BCUT2D eigenvalue weighted by molar-refractivity contribution is 14.1. The van der Waals surface area contributed by atoms with Crippen LogP contribution in [0.5, 0.6) is 0 Å². The molecule has 1 aromatic heterocycles. The number of nitrogens with two attached hydrogens (primary N) is 1. The van der Waals surface area contributed by atoms with Crippen molar-refractivity contribution in [2.45, 2.75) is 6.92 Å². The predicted molar refractivity (Wildman–Crippen MR) is 95.9 cm³/mol. The Bertz CT molecular complexity index is 797. The Morgan fingerprint density at radius 1 is 1.14 bits per heavy atom. The maximum Gasteiger partial charge on any atom is 0.130 e. The Labute approximate surface area is 141 Å². The molecule has 3 nitrogen and oxygen atoms in total. The van der Waals surface area contributed by atoms with Crippen molar-refractivity contribution in [1.29, 1.82) is 0 Å². The normalized spacial score (nSPS) is 10.8. The van der Waals surface area contributed by atoms with E-state index in [4.69, 9.17) is 17.3 Å². The van der Waals surface area contributed by atoms with Gasteiger partial charge < -0.3 is 5.73 Å². The lowest BCUT2D eigenvalue weighted by atomic mass is 10.1. The highest BCUT2D eigenvalue weighted by atomic mass is 127. The first kappa shape index (κ1) is 14.4. The van der Waals surface area contributed by atoms with Crippen molar-refractivity contribution in [2.24, 2.45) is 0 Å². The second-order valence-electron chi connectivity index (χ2n) is 4.74. The molecule has 106 valence electrons. The smallest absolute Gasteiger partial charge is 0.130 e. The van der Waals surface area contributed by atoms with Crippen LogP contribution in [-0.4, -0.2) is 9.78 Å². The molecule has 0 bridgehead atoms. The van der Waals surface area contributed by atoms with Gasteiger partial charge in [-0.25, -0.2) is 4.68 Å². The summed E-state index contributed by atoms with van der Waals surface area (Å²) in [7, 11) is 0. The van der Waals surface area contributed by atoms with Crippen LogP contribution in [0.25, 0.3) is 16.9 Å². The third-order valence-corrected chi connectivity index (χ3v) is 4.93. The van der Waals surface area contributed by atoms with Crippen molar-refractivity contribution in [1.82, 2.24) is 9.78 Å². The summed E-state index contributed by atoms with van der Waals surface area (Å²) in [6, 6.07) is 15.8. The Morgan fingerprint density at radius 2 is 1.86 bits per heavy atom. The van der Waals surface area contributed by atoms with Gasteiger partial charge in [-0.05, 0) is 53.8 Å². The standard InChI is InChI=1S/C16H13ClIN3/c1-10-15(11-7-8-14(18)13(17)9-11)20-21(16(10)19)12-5-3-2-4-6-12/h2-9H,19H2,1H3. The van der Waals surface area contributed by atoms with Crippen LogP contribution >= 0.6 is 34.2 Å². The van der Waals surface area contributed by atoms with Crippen LogP contribution in [0.1, 0.15) is 5.56 Å². The van der Waals surface area contributed by atoms with Gasteiger partial charge in [-0.3, -0.25) is 0 Å². The molecule has 0 aliphatic heterocycles. The molecule has 0 amide bonds. The Hall–Kier alpha value is -1.53. The fourth-order valence-electron chi connectivity index (χ4n) is 2.19. The molecule has 5 heteroatoms. The molecular weight excluding hydrogens is 397 g/mol. The van der Waals surface area contributed by atoms with E-state index in [0.717, 1.165) is 31.1 Å². The van der Waals surface area contributed by atoms with Gasteiger partial charge in [0.15, 0.2) is 0 Å². The van der Waals surface area contributed by atoms with E-state index >= 15 is 0 Å². The summed E-state index contributed by atoms with van der Waals surface area (Å²) >= 11 is 8.41. The fraction of sp³-hybridized carbons (Fsp3) is 0.0625. The minimum Gasteiger partial charge on any atom is -0.383 e. The molecule has 21 heavy (non-hydrogen) atoms. The number of para-hydroxylation sites is 1. The second kappa shape index (κ2) is 5.69. The van der Waals surface area contributed by atoms with Crippen molar-refractivity contribution >= 4 is 40.0 Å². The predicted octanol–water partition coefficient (Wildman–Crippen LogP) is 4.69. The summed E-state index contributed by atoms with van der Waals surface area (Å²) in [5.74, 6) is 0.644. The third-order valence-electron chi connectivity index (χ3n) is 3.36. The number of anilines is 1. The number of nitrogen functional groups attached to an aromatic ring is 1. The molecule has 1 heterocycles. The van der Waals surface area contributed by atoms with Crippen LogP contribution < -0.4 is 5.73 Å². The molecule has 0 unspecified atom stereocenters. The molecule has 0 fully saturated rings. The Kier molecular flexibility index (Phi) is 3.91. The van der Waals surface area contributed by atoms with Gasteiger partial charge in [-0.15, -0.1) is 0 Å². The summed E-state index contributed by atoms with van der Waals surface area (Å²) in [5, 5.41) is 5.37. The number of nitrogens with zero attached hydrogens (tertiary/aromatic N) is 2. The van der Waals surface area contributed by atoms with Gasteiger partial charge in [0.2, 0.25) is 0 Å². The molecule has 2 N–H and O–H groups in total. The maximum absolute atomic E-state index is 6.21. The van der Waals surface area contributed by atoms with Gasteiger partial charge >= 0.3 is 0 Å². The van der Waals surface area contributed by atoms with Crippen LogP contribution in [0.4, 0.5) is 5.82 Å².